The van der Waals surface area contributed by atoms with Crippen LogP contribution in [0.4, 0.5) is 0 Å². The predicted molar refractivity (Wildman–Crippen MR) is 56.2 cm³/mol. The van der Waals surface area contributed by atoms with E-state index >= 15 is 0 Å². The average molecular weight is 193 g/mol. The van der Waals surface area contributed by atoms with E-state index in [2.05, 4.69) is 18.5 Å². The van der Waals surface area contributed by atoms with E-state index in [9.17, 15) is 4.79 Å². The van der Waals surface area contributed by atoms with Crippen molar-refractivity contribution in [1.29, 1.82) is 0 Å². The van der Waals surface area contributed by atoms with Crippen molar-refractivity contribution < 1.29 is 9.90 Å². The number of carboxylic acids is 1. The highest BCUT2D eigenvalue weighted by Gasteiger charge is 2.08. The highest BCUT2D eigenvalue weighted by atomic mass is 16.4. The molecule has 0 saturated carbocycles. The van der Waals surface area contributed by atoms with Crippen LogP contribution in [0, 0.1) is 0 Å². The minimum Gasteiger partial charge on any atom is -0.481 e. The van der Waals surface area contributed by atoms with E-state index in [1.807, 2.05) is 6.20 Å². The molecule has 0 aliphatic carbocycles. The number of aromatic amines is 1. The topological polar surface area (TPSA) is 53.1 Å². The first-order valence-electron chi connectivity index (χ1n) is 4.72. The van der Waals surface area contributed by atoms with Crippen LogP contribution in [0.2, 0.25) is 0 Å². The zero-order valence-corrected chi connectivity index (χ0v) is 8.34. The van der Waals surface area contributed by atoms with Gasteiger partial charge in [0.1, 0.15) is 0 Å². The maximum absolute atomic E-state index is 10.4. The van der Waals surface area contributed by atoms with Crippen molar-refractivity contribution in [3.05, 3.63) is 29.6 Å². The van der Waals surface area contributed by atoms with E-state index in [0.29, 0.717) is 6.42 Å². The lowest BCUT2D eigenvalue weighted by atomic mass is 10.0. The molecule has 1 aromatic heterocycles. The van der Waals surface area contributed by atoms with Gasteiger partial charge >= 0.3 is 5.97 Å². The molecule has 0 aromatic carbocycles. The molecule has 1 heterocycles. The molecule has 0 aliphatic heterocycles. The van der Waals surface area contributed by atoms with E-state index in [-0.39, 0.29) is 6.42 Å². The Labute approximate surface area is 83.5 Å². The lowest BCUT2D eigenvalue weighted by molar-refractivity contribution is -0.136. The summed E-state index contributed by atoms with van der Waals surface area (Å²) >= 11 is 0. The van der Waals surface area contributed by atoms with E-state index in [1.165, 1.54) is 5.56 Å². The van der Waals surface area contributed by atoms with Gasteiger partial charge in [-0.2, -0.15) is 0 Å². The molecular weight excluding hydrogens is 178 g/mol. The highest BCUT2D eigenvalue weighted by Crippen LogP contribution is 2.17. The second-order valence-corrected chi connectivity index (χ2v) is 3.16. The number of hydrogen-bond acceptors (Lipinski definition) is 1. The summed E-state index contributed by atoms with van der Waals surface area (Å²) in [4.78, 5) is 13.5. The monoisotopic (exact) mass is 193 g/mol. The maximum Gasteiger partial charge on any atom is 0.303 e. The summed E-state index contributed by atoms with van der Waals surface area (Å²) < 4.78 is 0. The molecule has 0 saturated heterocycles. The summed E-state index contributed by atoms with van der Waals surface area (Å²) in [7, 11) is 0. The van der Waals surface area contributed by atoms with E-state index in [1.54, 1.807) is 6.08 Å². The molecule has 3 heteroatoms. The van der Waals surface area contributed by atoms with Crippen LogP contribution in [0.15, 0.2) is 12.8 Å². The maximum atomic E-state index is 10.4. The summed E-state index contributed by atoms with van der Waals surface area (Å²) in [5, 5.41) is 8.57. The summed E-state index contributed by atoms with van der Waals surface area (Å²) in [5.41, 5.74) is 3.28. The molecule has 0 fully saturated rings. The number of H-pyrrole nitrogens is 1. The van der Waals surface area contributed by atoms with Gasteiger partial charge < -0.3 is 10.1 Å². The molecule has 1 aromatic rings. The third-order valence-electron chi connectivity index (χ3n) is 2.28. The lowest BCUT2D eigenvalue weighted by Crippen LogP contribution is -1.98. The van der Waals surface area contributed by atoms with Crippen LogP contribution in [0.3, 0.4) is 0 Å². The second-order valence-electron chi connectivity index (χ2n) is 3.16. The highest BCUT2D eigenvalue weighted by molar-refractivity contribution is 5.67. The van der Waals surface area contributed by atoms with E-state index in [4.69, 9.17) is 5.11 Å². The number of aliphatic carboxylic acids is 1. The van der Waals surface area contributed by atoms with E-state index < -0.39 is 5.97 Å². The van der Waals surface area contributed by atoms with Crippen LogP contribution in [-0.4, -0.2) is 16.1 Å². The fourth-order valence-electron chi connectivity index (χ4n) is 1.58. The van der Waals surface area contributed by atoms with Gasteiger partial charge in [0.05, 0.1) is 0 Å². The van der Waals surface area contributed by atoms with Crippen molar-refractivity contribution in [2.24, 2.45) is 0 Å². The number of aryl methyl sites for hydroxylation is 1. The lowest BCUT2D eigenvalue weighted by Gasteiger charge is -2.00. The van der Waals surface area contributed by atoms with Crippen molar-refractivity contribution >= 4 is 12.0 Å². The first kappa shape index (κ1) is 10.6. The molecule has 14 heavy (non-hydrogen) atoms. The van der Waals surface area contributed by atoms with Gasteiger partial charge in [0.25, 0.3) is 0 Å². The van der Waals surface area contributed by atoms with Gasteiger partial charge in [0, 0.05) is 18.3 Å². The van der Waals surface area contributed by atoms with Crippen molar-refractivity contribution in [2.75, 3.05) is 0 Å². The minimum absolute atomic E-state index is 0.182. The normalized spacial score (nSPS) is 10.1. The third kappa shape index (κ3) is 2.25. The molecule has 2 N–H and O–H groups in total. The average Bonchev–Trinajstić information content (AvgIpc) is 2.56. The van der Waals surface area contributed by atoms with E-state index in [0.717, 1.165) is 17.7 Å². The molecule has 0 atom stereocenters. The van der Waals surface area contributed by atoms with Crippen LogP contribution in [0.25, 0.3) is 6.08 Å². The molecule has 0 bridgehead atoms. The number of carboxylic acid groups (broad SMARTS) is 1. The first-order chi connectivity index (χ1) is 6.69. The molecular formula is C11H15NO2. The first-order valence-corrected chi connectivity index (χ1v) is 4.72. The van der Waals surface area contributed by atoms with Crippen molar-refractivity contribution in [2.45, 2.75) is 26.2 Å². The molecule has 3 nitrogen and oxygen atoms in total. The SMILES string of the molecule is C=Cc1[nH]cc(CCC(=O)O)c1CC. The summed E-state index contributed by atoms with van der Waals surface area (Å²) in [6, 6.07) is 0. The van der Waals surface area contributed by atoms with Crippen LogP contribution < -0.4 is 0 Å². The summed E-state index contributed by atoms with van der Waals surface area (Å²) in [6.07, 6.45) is 5.31. The minimum atomic E-state index is -0.756. The quantitative estimate of drug-likeness (QED) is 0.753. The number of carbonyl (C=O) groups is 1. The Morgan fingerprint density at radius 1 is 1.71 bits per heavy atom. The molecule has 0 unspecified atom stereocenters. The smallest absolute Gasteiger partial charge is 0.303 e. The van der Waals surface area contributed by atoms with Gasteiger partial charge in [-0.3, -0.25) is 4.79 Å². The molecule has 0 spiro atoms. The molecule has 0 aliphatic rings. The van der Waals surface area contributed by atoms with Crippen LogP contribution in [0.5, 0.6) is 0 Å². The standard InChI is InChI=1S/C11H15NO2/c1-3-9-8(5-6-11(13)14)7-12-10(9)4-2/h4,7,12H,2-3,5-6H2,1H3,(H,13,14). The molecule has 1 rings (SSSR count). The van der Waals surface area contributed by atoms with Crippen LogP contribution in [-0.2, 0) is 17.6 Å². The Balaban J connectivity index is 2.80. The fourth-order valence-corrected chi connectivity index (χ4v) is 1.58. The van der Waals surface area contributed by atoms with Gasteiger partial charge in [-0.15, -0.1) is 0 Å². The van der Waals surface area contributed by atoms with Crippen molar-refractivity contribution in [3.8, 4) is 0 Å². The number of rotatable bonds is 5. The zero-order valence-electron chi connectivity index (χ0n) is 8.34. The third-order valence-corrected chi connectivity index (χ3v) is 2.28. The van der Waals surface area contributed by atoms with Gasteiger partial charge in [-0.25, -0.2) is 0 Å². The molecule has 76 valence electrons. The van der Waals surface area contributed by atoms with Gasteiger partial charge in [-0.05, 0) is 30.0 Å². The Morgan fingerprint density at radius 3 is 2.93 bits per heavy atom. The summed E-state index contributed by atoms with van der Waals surface area (Å²) in [6.45, 7) is 5.76. The van der Waals surface area contributed by atoms with Gasteiger partial charge in [0.2, 0.25) is 0 Å². The summed E-state index contributed by atoms with van der Waals surface area (Å²) in [5.74, 6) is -0.756. The molecule has 0 radical (unpaired) electrons. The largest absolute Gasteiger partial charge is 0.481 e. The predicted octanol–water partition coefficient (Wildman–Crippen LogP) is 2.24. The Bertz CT molecular complexity index is 339. The van der Waals surface area contributed by atoms with Gasteiger partial charge in [-0.1, -0.05) is 13.5 Å². The zero-order chi connectivity index (χ0) is 10.6. The Kier molecular flexibility index (Phi) is 3.51. The number of aromatic nitrogens is 1. The molecule has 0 amide bonds. The van der Waals surface area contributed by atoms with Crippen LogP contribution >= 0.6 is 0 Å². The number of nitrogens with one attached hydrogen (secondary N) is 1. The van der Waals surface area contributed by atoms with Crippen LogP contribution in [0.1, 0.15) is 30.2 Å². The Hall–Kier alpha value is -1.51. The second kappa shape index (κ2) is 4.65. The number of hydrogen-bond donors (Lipinski definition) is 2. The van der Waals surface area contributed by atoms with Gasteiger partial charge in [0.15, 0.2) is 0 Å². The van der Waals surface area contributed by atoms with Crippen molar-refractivity contribution in [1.82, 2.24) is 4.98 Å². The fraction of sp³-hybridized carbons (Fsp3) is 0.364. The van der Waals surface area contributed by atoms with Crippen molar-refractivity contribution in [3.63, 3.8) is 0 Å². The Morgan fingerprint density at radius 2 is 2.43 bits per heavy atom.